The largest absolute Gasteiger partial charge is 2.00 e. The van der Waals surface area contributed by atoms with Crippen LogP contribution >= 0.6 is 0 Å². The minimum absolute atomic E-state index is 0. The second-order valence-electron chi connectivity index (χ2n) is 12.5. The molecule has 17 nitrogen and oxygen atoms in total. The molecule has 301 valence electrons. The fourth-order valence-corrected chi connectivity index (χ4v) is 4.78. The molecule has 0 saturated carbocycles. The van der Waals surface area contributed by atoms with Crippen molar-refractivity contribution in [1.82, 2.24) is 43.4 Å². The summed E-state index contributed by atoms with van der Waals surface area (Å²) in [5.74, 6) is 1.89. The van der Waals surface area contributed by atoms with Gasteiger partial charge in [-0.3, -0.25) is 14.5 Å². The molecule has 6 rings (SSSR count). The fourth-order valence-electron chi connectivity index (χ4n) is 4.78. The number of hydrogen-bond acceptors (Lipinski definition) is 12. The average Bonchev–Trinajstić information content (AvgIpc) is 3.74. The molecular formula is C37H46ClMnN9O8. The van der Waals surface area contributed by atoms with Gasteiger partial charge in [0, 0.05) is 49.3 Å². The van der Waals surface area contributed by atoms with Crippen molar-refractivity contribution in [2.45, 2.75) is 26.6 Å². The van der Waals surface area contributed by atoms with Crippen LogP contribution in [-0.2, 0) is 72.2 Å². The molecule has 19 heteroatoms. The number of hydrogen-bond donors (Lipinski definition) is 0. The monoisotopic (exact) mass is 834 g/mol. The van der Waals surface area contributed by atoms with Crippen LogP contribution in [0.4, 0.5) is 0 Å². The van der Waals surface area contributed by atoms with Crippen LogP contribution in [0.5, 0.6) is 0 Å². The van der Waals surface area contributed by atoms with Crippen LogP contribution in [0.1, 0.15) is 24.4 Å². The van der Waals surface area contributed by atoms with Crippen LogP contribution in [-0.4, -0.2) is 90.3 Å². The molecule has 0 aliphatic carbocycles. The van der Waals surface area contributed by atoms with Crippen LogP contribution in [0, 0.1) is 10.2 Å². The molecule has 0 atom stereocenters. The molecule has 0 N–H and O–H groups in total. The quantitative estimate of drug-likeness (QED) is 0.0922. The molecular weight excluding hydrogens is 789 g/mol. The van der Waals surface area contributed by atoms with Gasteiger partial charge in [0.15, 0.2) is 0 Å². The molecule has 0 aliphatic rings. The molecule has 3 heterocycles. The molecule has 0 aliphatic heterocycles. The molecule has 3 aromatic heterocycles. The Balaban J connectivity index is 0.000000590. The van der Waals surface area contributed by atoms with E-state index in [2.05, 4.69) is 101 Å². The predicted octanol–water partition coefficient (Wildman–Crippen LogP) is -1.49. The zero-order chi connectivity index (χ0) is 41.5. The van der Waals surface area contributed by atoms with E-state index in [0.29, 0.717) is 19.6 Å². The van der Waals surface area contributed by atoms with E-state index in [0.717, 1.165) is 63.4 Å². The summed E-state index contributed by atoms with van der Waals surface area (Å²) in [5, 5.41) is 9.49. The SMILES string of the molecule is C=C(C)C(=O)[O-].CN(C)C=O.CN(C)C=O.Cn1c(CN(Cc2nc3ccccc3n2C)Cc2nc3ccccc3n2C)nc2ccccc21.[Mn+2].[O-][Cl+3]([O-])([O-])[O-]. The Morgan fingerprint density at radius 3 is 1.04 bits per heavy atom. The first-order chi connectivity index (χ1) is 25.8. The third-order valence-corrected chi connectivity index (χ3v) is 7.50. The Morgan fingerprint density at radius 2 is 0.857 bits per heavy atom. The summed E-state index contributed by atoms with van der Waals surface area (Å²) in [6, 6.07) is 24.9. The van der Waals surface area contributed by atoms with Gasteiger partial charge in [-0.25, -0.2) is 33.6 Å². The summed E-state index contributed by atoms with van der Waals surface area (Å²) in [5.41, 5.74) is 6.55. The molecule has 6 aromatic rings. The number of aryl methyl sites for hydroxylation is 3. The fraction of sp³-hybridized carbons (Fsp3) is 0.297. The summed E-state index contributed by atoms with van der Waals surface area (Å²) >= 11 is 0. The van der Waals surface area contributed by atoms with Crippen molar-refractivity contribution in [2.24, 2.45) is 21.1 Å². The van der Waals surface area contributed by atoms with E-state index in [9.17, 15) is 19.5 Å². The van der Waals surface area contributed by atoms with E-state index < -0.39 is 16.2 Å². The Labute approximate surface area is 337 Å². The summed E-state index contributed by atoms with van der Waals surface area (Å²) in [6.07, 6.45) is 1.50. The Kier molecular flexibility index (Phi) is 20.1. The van der Waals surface area contributed by atoms with Crippen molar-refractivity contribution in [2.75, 3.05) is 28.2 Å². The number of amides is 2. The number of benzene rings is 3. The topological polar surface area (TPSA) is 230 Å². The first kappa shape index (κ1) is 48.8. The second-order valence-corrected chi connectivity index (χ2v) is 13.2. The van der Waals surface area contributed by atoms with E-state index >= 15 is 0 Å². The number of aromatic nitrogens is 6. The number of carboxylic acids is 1. The van der Waals surface area contributed by atoms with Crippen molar-refractivity contribution in [3.05, 3.63) is 102 Å². The molecule has 56 heavy (non-hydrogen) atoms. The predicted molar refractivity (Wildman–Crippen MR) is 194 cm³/mol. The number of fused-ring (bicyclic) bond motifs is 3. The molecule has 2 amide bonds. The molecule has 0 unspecified atom stereocenters. The van der Waals surface area contributed by atoms with Gasteiger partial charge >= 0.3 is 17.1 Å². The van der Waals surface area contributed by atoms with E-state index in [1.54, 1.807) is 28.2 Å². The maximum atomic E-state index is 9.49. The van der Waals surface area contributed by atoms with Crippen molar-refractivity contribution in [1.29, 1.82) is 0 Å². The van der Waals surface area contributed by atoms with E-state index in [1.165, 1.54) is 16.7 Å². The van der Waals surface area contributed by atoms with Crippen LogP contribution in [0.15, 0.2) is 84.9 Å². The molecule has 0 saturated heterocycles. The molecule has 3 aromatic carbocycles. The summed E-state index contributed by atoms with van der Waals surface area (Å²) < 4.78 is 40.5. The Bertz CT molecular complexity index is 1950. The minimum atomic E-state index is -4.94. The Morgan fingerprint density at radius 1 is 0.643 bits per heavy atom. The number of imidazole rings is 3. The van der Waals surface area contributed by atoms with Crippen LogP contribution in [0.2, 0.25) is 0 Å². The average molecular weight is 835 g/mol. The van der Waals surface area contributed by atoms with Gasteiger partial charge in [-0.05, 0) is 48.9 Å². The van der Waals surface area contributed by atoms with Gasteiger partial charge in [-0.1, -0.05) is 43.0 Å². The third-order valence-electron chi connectivity index (χ3n) is 7.50. The molecule has 0 bridgehead atoms. The summed E-state index contributed by atoms with van der Waals surface area (Å²) in [6.45, 7) is 6.55. The molecule has 0 spiro atoms. The van der Waals surface area contributed by atoms with Gasteiger partial charge < -0.3 is 33.4 Å². The van der Waals surface area contributed by atoms with Crippen molar-refractivity contribution in [3.8, 4) is 0 Å². The van der Waals surface area contributed by atoms with E-state index in [-0.39, 0.29) is 22.6 Å². The van der Waals surface area contributed by atoms with E-state index in [4.69, 9.17) is 33.6 Å². The third kappa shape index (κ3) is 15.9. The normalized spacial score (nSPS) is 10.4. The summed E-state index contributed by atoms with van der Waals surface area (Å²) in [7, 11) is 8.08. The van der Waals surface area contributed by atoms with Crippen molar-refractivity contribution in [3.63, 3.8) is 0 Å². The minimum Gasteiger partial charge on any atom is -0.545 e. The number of nitrogens with zero attached hydrogens (tertiary/aromatic N) is 9. The number of carboxylic acid groups (broad SMARTS) is 1. The first-order valence-electron chi connectivity index (χ1n) is 16.4. The molecule has 1 radical (unpaired) electrons. The van der Waals surface area contributed by atoms with Crippen molar-refractivity contribution < 1.29 is 65.4 Å². The van der Waals surface area contributed by atoms with Gasteiger partial charge in [0.2, 0.25) is 12.8 Å². The maximum absolute atomic E-state index is 9.49. The Hall–Kier alpha value is -5.17. The number of para-hydroxylation sites is 6. The van der Waals surface area contributed by atoms with Crippen LogP contribution in [0.3, 0.4) is 0 Å². The molecule has 0 fully saturated rings. The van der Waals surface area contributed by atoms with Gasteiger partial charge in [0.05, 0.1) is 58.7 Å². The smallest absolute Gasteiger partial charge is 0.545 e. The van der Waals surface area contributed by atoms with Gasteiger partial charge in [0.1, 0.15) is 17.5 Å². The standard InChI is InChI=1S/C27H27N7.C4H6O2.2C3H7NO.ClHO4.Mn/c1-31-22-13-7-4-10-19(22)28-25(31)16-34(17-26-29-20-11-5-8-14-23(20)32(26)2)18-27-30-21-12-6-9-15-24(21)33(27)3;1-3(2)4(5)6;2*1-4(2)3-5;2-1(3,4)5;/h4-15H,16-18H2,1-3H3;1H2,2H3,(H,5,6);2*3H,1-2H3;(H,2,3,4,5);/q;;;;;+2/p-2. The van der Waals surface area contributed by atoms with Gasteiger partial charge in [-0.2, -0.15) is 0 Å². The van der Waals surface area contributed by atoms with Crippen molar-refractivity contribution >= 4 is 51.9 Å². The number of carbonyl (C=O) groups is 3. The zero-order valence-corrected chi connectivity index (χ0v) is 34.4. The maximum Gasteiger partial charge on any atom is 2.00 e. The number of rotatable bonds is 9. The van der Waals surface area contributed by atoms with Gasteiger partial charge in [0.25, 0.3) is 0 Å². The second kappa shape index (κ2) is 23.0. The number of carbonyl (C=O) groups excluding carboxylic acids is 3. The zero-order valence-electron chi connectivity index (χ0n) is 32.5. The van der Waals surface area contributed by atoms with E-state index in [1.807, 2.05) is 18.2 Å². The number of aliphatic carboxylic acids is 1. The summed E-state index contributed by atoms with van der Waals surface area (Å²) in [4.78, 5) is 48.4. The van der Waals surface area contributed by atoms with Crippen LogP contribution in [0.25, 0.3) is 33.1 Å². The number of halogens is 1. The first-order valence-corrected chi connectivity index (χ1v) is 17.7. The van der Waals surface area contributed by atoms with Crippen LogP contribution < -0.4 is 23.7 Å². The van der Waals surface area contributed by atoms with Gasteiger partial charge in [-0.15, -0.1) is 10.2 Å².